The van der Waals surface area contributed by atoms with Gasteiger partial charge in [-0.25, -0.2) is 0 Å². The molecule has 1 unspecified atom stereocenters. The molecule has 1 aliphatic carbocycles. The van der Waals surface area contributed by atoms with E-state index < -0.39 is 6.10 Å². The van der Waals surface area contributed by atoms with Crippen molar-refractivity contribution in [3.63, 3.8) is 0 Å². The third kappa shape index (κ3) is 1.77. The zero-order chi connectivity index (χ0) is 12.0. The molecule has 0 bridgehead atoms. The molecule has 0 radical (unpaired) electrons. The number of hydrogen-bond acceptors (Lipinski definition) is 2. The minimum atomic E-state index is -0.727. The first-order chi connectivity index (χ1) is 8.16. The average molecular weight is 269 g/mol. The highest BCUT2D eigenvalue weighted by molar-refractivity contribution is 6.32. The Bertz CT molecular complexity index is 546. The molecule has 2 nitrogen and oxygen atoms in total. The van der Waals surface area contributed by atoms with Crippen molar-refractivity contribution in [1.29, 1.82) is 0 Å². The summed E-state index contributed by atoms with van der Waals surface area (Å²) in [4.78, 5) is 0. The van der Waals surface area contributed by atoms with E-state index >= 15 is 0 Å². The predicted octanol–water partition coefficient (Wildman–Crippen LogP) is 3.94. The summed E-state index contributed by atoms with van der Waals surface area (Å²) in [5.74, 6) is 1.37. The maximum atomic E-state index is 10.3. The van der Waals surface area contributed by atoms with Gasteiger partial charge in [0.25, 0.3) is 0 Å². The fraction of sp³-hybridized carbons (Fsp3) is 0.231. The number of rotatable bonds is 0. The summed E-state index contributed by atoms with van der Waals surface area (Å²) in [5, 5.41) is 11.5. The topological polar surface area (TPSA) is 29.5 Å². The van der Waals surface area contributed by atoms with E-state index in [1.54, 1.807) is 18.2 Å². The Morgan fingerprint density at radius 3 is 2.94 bits per heavy atom. The maximum Gasteiger partial charge on any atom is 0.134 e. The molecule has 3 rings (SSSR count). The third-order valence-electron chi connectivity index (χ3n) is 3.03. The molecule has 1 aromatic carbocycles. The highest BCUT2D eigenvalue weighted by Gasteiger charge is 2.31. The lowest BCUT2D eigenvalue weighted by Gasteiger charge is -2.29. The van der Waals surface area contributed by atoms with Crippen molar-refractivity contribution >= 4 is 23.2 Å². The lowest BCUT2D eigenvalue weighted by Crippen LogP contribution is -2.17. The van der Waals surface area contributed by atoms with Gasteiger partial charge in [0, 0.05) is 27.6 Å². The number of benzene rings is 1. The first-order valence-electron chi connectivity index (χ1n) is 5.41. The molecular formula is C13H10Cl2O2. The monoisotopic (exact) mass is 268 g/mol. The lowest BCUT2D eigenvalue weighted by atomic mass is 9.92. The van der Waals surface area contributed by atoms with Gasteiger partial charge in [0.1, 0.15) is 17.6 Å². The molecule has 0 aromatic heterocycles. The number of ether oxygens (including phenoxy) is 1. The Balaban J connectivity index is 2.12. The summed E-state index contributed by atoms with van der Waals surface area (Å²) in [6.45, 7) is 0. The zero-order valence-corrected chi connectivity index (χ0v) is 10.4. The highest BCUT2D eigenvalue weighted by atomic mass is 35.5. The number of halogens is 2. The quantitative estimate of drug-likeness (QED) is 0.773. The Morgan fingerprint density at radius 1 is 1.29 bits per heavy atom. The van der Waals surface area contributed by atoms with Crippen molar-refractivity contribution in [2.45, 2.75) is 18.9 Å². The van der Waals surface area contributed by atoms with Gasteiger partial charge in [-0.1, -0.05) is 35.3 Å². The van der Waals surface area contributed by atoms with Crippen molar-refractivity contribution in [2.24, 2.45) is 0 Å². The van der Waals surface area contributed by atoms with E-state index in [4.69, 9.17) is 27.9 Å². The van der Waals surface area contributed by atoms with E-state index in [1.165, 1.54) is 0 Å². The minimum Gasteiger partial charge on any atom is -0.461 e. The first kappa shape index (κ1) is 11.1. The van der Waals surface area contributed by atoms with E-state index in [9.17, 15) is 5.11 Å². The van der Waals surface area contributed by atoms with Crippen LogP contribution in [0.4, 0.5) is 0 Å². The molecule has 0 spiro atoms. The van der Waals surface area contributed by atoms with Crippen molar-refractivity contribution in [1.82, 2.24) is 0 Å². The van der Waals surface area contributed by atoms with Crippen molar-refractivity contribution in [2.75, 3.05) is 0 Å². The van der Waals surface area contributed by atoms with Gasteiger partial charge in [-0.3, -0.25) is 0 Å². The smallest absolute Gasteiger partial charge is 0.134 e. The van der Waals surface area contributed by atoms with Crippen LogP contribution in [0.25, 0.3) is 0 Å². The number of aliphatic hydroxyl groups is 1. The van der Waals surface area contributed by atoms with Crippen LogP contribution < -0.4 is 4.74 Å². The minimum absolute atomic E-state index is 0.583. The molecule has 0 fully saturated rings. The van der Waals surface area contributed by atoms with Crippen LogP contribution in [0.5, 0.6) is 5.75 Å². The van der Waals surface area contributed by atoms with Crippen LogP contribution in [0, 0.1) is 0 Å². The fourth-order valence-electron chi connectivity index (χ4n) is 2.21. The number of allylic oxidation sites excluding steroid dienone is 2. The van der Waals surface area contributed by atoms with Gasteiger partial charge in [0.2, 0.25) is 0 Å². The average Bonchev–Trinajstić information content (AvgIpc) is 2.28. The summed E-state index contributed by atoms with van der Waals surface area (Å²) in [7, 11) is 0. The normalized spacial score (nSPS) is 22.5. The van der Waals surface area contributed by atoms with Gasteiger partial charge in [-0.2, -0.15) is 0 Å². The summed E-state index contributed by atoms with van der Waals surface area (Å²) in [6, 6.07) is 5.22. The zero-order valence-electron chi connectivity index (χ0n) is 8.91. The molecule has 1 aliphatic heterocycles. The van der Waals surface area contributed by atoms with Crippen LogP contribution in [-0.2, 0) is 0 Å². The van der Waals surface area contributed by atoms with Crippen LogP contribution in [0.1, 0.15) is 24.5 Å². The van der Waals surface area contributed by atoms with Gasteiger partial charge >= 0.3 is 0 Å². The van der Waals surface area contributed by atoms with Gasteiger partial charge in [0.05, 0.1) is 0 Å². The highest BCUT2D eigenvalue weighted by Crippen LogP contribution is 2.45. The van der Waals surface area contributed by atoms with E-state index in [-0.39, 0.29) is 0 Å². The molecule has 1 heterocycles. The maximum absolute atomic E-state index is 10.3. The van der Waals surface area contributed by atoms with E-state index in [0.717, 1.165) is 18.6 Å². The van der Waals surface area contributed by atoms with Gasteiger partial charge in [-0.15, -0.1) is 0 Å². The Morgan fingerprint density at radius 2 is 2.12 bits per heavy atom. The van der Waals surface area contributed by atoms with Gasteiger partial charge in [-0.05, 0) is 18.6 Å². The molecule has 0 amide bonds. The Hall–Kier alpha value is -0.960. The molecule has 88 valence electrons. The Labute approximate surface area is 109 Å². The van der Waals surface area contributed by atoms with Crippen LogP contribution in [-0.4, -0.2) is 5.11 Å². The first-order valence-corrected chi connectivity index (χ1v) is 6.17. The standard InChI is InChI=1S/C13H10Cl2O2/c14-7-4-5-8-11(6-7)17-10-3-1-2-9(15)12(10)13(8)16/h2,4-6,13,16H,1,3H2. The molecule has 17 heavy (non-hydrogen) atoms. The molecular weight excluding hydrogens is 259 g/mol. The summed E-state index contributed by atoms with van der Waals surface area (Å²) in [6.07, 6.45) is 2.78. The summed E-state index contributed by atoms with van der Waals surface area (Å²) < 4.78 is 5.77. The molecule has 1 atom stereocenters. The molecule has 4 heteroatoms. The van der Waals surface area contributed by atoms with Gasteiger partial charge < -0.3 is 9.84 Å². The second-order valence-electron chi connectivity index (χ2n) is 4.11. The largest absolute Gasteiger partial charge is 0.461 e. The molecule has 1 N–H and O–H groups in total. The molecule has 1 aromatic rings. The number of fused-ring (bicyclic) bond motifs is 1. The second kappa shape index (κ2) is 4.05. The van der Waals surface area contributed by atoms with Crippen LogP contribution in [0.3, 0.4) is 0 Å². The lowest BCUT2D eigenvalue weighted by molar-refractivity contribution is 0.192. The molecule has 0 saturated heterocycles. The van der Waals surface area contributed by atoms with Crippen LogP contribution in [0.15, 0.2) is 40.6 Å². The molecule has 0 saturated carbocycles. The summed E-state index contributed by atoms with van der Waals surface area (Å²) >= 11 is 12.0. The van der Waals surface area contributed by atoms with Crippen molar-refractivity contribution in [3.8, 4) is 5.75 Å². The predicted molar refractivity (Wildman–Crippen MR) is 67.2 cm³/mol. The summed E-state index contributed by atoms with van der Waals surface area (Å²) in [5.41, 5.74) is 1.40. The Kier molecular flexibility index (Phi) is 2.66. The van der Waals surface area contributed by atoms with E-state index in [2.05, 4.69) is 0 Å². The van der Waals surface area contributed by atoms with Crippen molar-refractivity contribution < 1.29 is 9.84 Å². The van der Waals surface area contributed by atoms with Crippen LogP contribution in [0.2, 0.25) is 5.02 Å². The van der Waals surface area contributed by atoms with Crippen molar-refractivity contribution in [3.05, 3.63) is 51.2 Å². The van der Waals surface area contributed by atoms with Gasteiger partial charge in [0.15, 0.2) is 0 Å². The SMILES string of the molecule is OC1C2=C(CCC=C2Cl)Oc2cc(Cl)ccc21. The van der Waals surface area contributed by atoms with E-state index in [1.807, 2.05) is 6.08 Å². The van der Waals surface area contributed by atoms with Crippen LogP contribution >= 0.6 is 23.2 Å². The van der Waals surface area contributed by atoms with E-state index in [0.29, 0.717) is 26.9 Å². The molecule has 2 aliphatic rings. The fourth-order valence-corrected chi connectivity index (χ4v) is 2.69. The second-order valence-corrected chi connectivity index (χ2v) is 4.96. The third-order valence-corrected chi connectivity index (χ3v) is 3.62. The number of hydrogen-bond donors (Lipinski definition) is 1. The number of aliphatic hydroxyl groups excluding tert-OH is 1.